The molecule has 7 N–H and O–H groups in total. The highest BCUT2D eigenvalue weighted by molar-refractivity contribution is 5.80. The summed E-state index contributed by atoms with van der Waals surface area (Å²) in [5, 5.41) is 64.6. The van der Waals surface area contributed by atoms with Gasteiger partial charge in [-0.2, -0.15) is 0 Å². The quantitative estimate of drug-likeness (QED) is 0.0264. The predicted octanol–water partition coefficient (Wildman–Crippen LogP) is 7.14. The van der Waals surface area contributed by atoms with Crippen molar-refractivity contribution in [3.63, 3.8) is 0 Å². The van der Waals surface area contributed by atoms with Crippen LogP contribution >= 0.6 is 0 Å². The van der Waals surface area contributed by atoms with Crippen LogP contribution in [0.5, 0.6) is 0 Å². The van der Waals surface area contributed by atoms with E-state index in [1.807, 2.05) is 0 Å². The molecule has 0 radical (unpaired) electrons. The number of amides is 1. The average molecular weight is 744 g/mol. The Kier molecular flexibility index (Phi) is 31.3. The minimum Gasteiger partial charge on any atom is -0.394 e. The fraction of sp³-hybridized carbons (Fsp3) is 0.929. The lowest BCUT2D eigenvalue weighted by molar-refractivity contribution is -0.302. The first-order valence-electron chi connectivity index (χ1n) is 21.5. The molecule has 1 fully saturated rings. The summed E-state index contributed by atoms with van der Waals surface area (Å²) in [6, 6.07) is -0.904. The van der Waals surface area contributed by atoms with Crippen LogP contribution in [0.4, 0.5) is 0 Å². The third-order valence-corrected chi connectivity index (χ3v) is 10.5. The fourth-order valence-corrected chi connectivity index (χ4v) is 6.87. The van der Waals surface area contributed by atoms with E-state index in [4.69, 9.17) is 9.47 Å². The van der Waals surface area contributed by atoms with Crippen LogP contribution in [-0.2, 0) is 14.3 Å². The Morgan fingerprint density at radius 2 is 1.08 bits per heavy atom. The summed E-state index contributed by atoms with van der Waals surface area (Å²) in [6.07, 6.45) is 25.5. The van der Waals surface area contributed by atoms with E-state index in [0.717, 1.165) is 51.4 Å². The van der Waals surface area contributed by atoms with Crippen LogP contribution in [0.3, 0.4) is 0 Å². The molecule has 1 heterocycles. The second-order valence-electron chi connectivity index (χ2n) is 15.3. The summed E-state index contributed by atoms with van der Waals surface area (Å²) in [6.45, 7) is 3.63. The number of nitrogens with one attached hydrogen (secondary N) is 1. The lowest BCUT2D eigenvalue weighted by atomic mass is 9.99. The van der Waals surface area contributed by atoms with Gasteiger partial charge in [0, 0.05) is 0 Å². The Morgan fingerprint density at radius 1 is 0.635 bits per heavy atom. The van der Waals surface area contributed by atoms with Crippen LogP contribution in [0.1, 0.15) is 187 Å². The molecule has 1 amide bonds. The number of carbonyl (C=O) groups is 1. The monoisotopic (exact) mass is 744 g/mol. The van der Waals surface area contributed by atoms with Crippen LogP contribution in [0.25, 0.3) is 0 Å². The Morgan fingerprint density at radius 3 is 1.58 bits per heavy atom. The molecular formula is C42H81NO9. The minimum absolute atomic E-state index is 0.264. The van der Waals surface area contributed by atoms with Gasteiger partial charge >= 0.3 is 0 Å². The van der Waals surface area contributed by atoms with Crippen molar-refractivity contribution in [2.24, 2.45) is 0 Å². The molecule has 308 valence electrons. The van der Waals surface area contributed by atoms with Gasteiger partial charge in [-0.25, -0.2) is 0 Å². The number of aliphatic hydroxyl groups is 6. The molecule has 10 nitrogen and oxygen atoms in total. The SMILES string of the molecule is CCCCCCCCC/C=C/CCCC[C@@H](O)[C@H](CO[C@@H]1O[C@H](CO)[C@@H](O)C(O)C1O)NC(=O)[C@H](O)CCCCCCCCCCCCCCCC. The van der Waals surface area contributed by atoms with Gasteiger partial charge in [-0.1, -0.05) is 161 Å². The lowest BCUT2D eigenvalue weighted by Crippen LogP contribution is -2.60. The maximum Gasteiger partial charge on any atom is 0.249 e. The largest absolute Gasteiger partial charge is 0.394 e. The molecule has 1 rings (SSSR count). The molecule has 10 heteroatoms. The normalized spacial score (nSPS) is 22.5. The van der Waals surface area contributed by atoms with Crippen molar-refractivity contribution in [2.45, 2.75) is 236 Å². The van der Waals surface area contributed by atoms with Crippen molar-refractivity contribution in [2.75, 3.05) is 13.2 Å². The standard InChI is InChI=1S/C42H81NO9/c1-3-5-7-9-11-13-15-17-19-21-23-25-27-29-31-36(46)41(50)43-34(33-51-42-40(49)39(48)38(47)37(32-44)52-42)35(45)30-28-26-24-22-20-18-16-14-12-10-8-6-4-2/h20,22,34-40,42,44-49H,3-19,21,23-33H2,1-2H3,(H,43,50)/b22-20+/t34-,35+,36+,37+,38+,39?,40?,42+/m0/s1. The molecule has 0 bridgehead atoms. The van der Waals surface area contributed by atoms with Gasteiger partial charge in [-0.15, -0.1) is 0 Å². The van der Waals surface area contributed by atoms with E-state index in [-0.39, 0.29) is 6.61 Å². The van der Waals surface area contributed by atoms with E-state index in [9.17, 15) is 35.4 Å². The van der Waals surface area contributed by atoms with Crippen molar-refractivity contribution in [1.29, 1.82) is 0 Å². The number of rotatable bonds is 35. The first kappa shape index (κ1) is 48.9. The van der Waals surface area contributed by atoms with E-state index < -0.39 is 61.5 Å². The molecule has 1 aliphatic heterocycles. The number of aliphatic hydroxyl groups excluding tert-OH is 6. The molecule has 0 saturated carbocycles. The summed E-state index contributed by atoms with van der Waals surface area (Å²) in [4.78, 5) is 13.0. The maximum atomic E-state index is 13.0. The van der Waals surface area contributed by atoms with Crippen LogP contribution in [0, 0.1) is 0 Å². The van der Waals surface area contributed by atoms with Gasteiger partial charge in [0.25, 0.3) is 0 Å². The first-order chi connectivity index (χ1) is 25.3. The number of hydrogen-bond donors (Lipinski definition) is 7. The van der Waals surface area contributed by atoms with Gasteiger partial charge in [0.05, 0.1) is 25.4 Å². The lowest BCUT2D eigenvalue weighted by Gasteiger charge is -2.40. The van der Waals surface area contributed by atoms with Crippen LogP contribution in [-0.4, -0.2) is 98.7 Å². The van der Waals surface area contributed by atoms with Gasteiger partial charge < -0.3 is 45.4 Å². The third kappa shape index (κ3) is 23.6. The zero-order chi connectivity index (χ0) is 38.2. The summed E-state index contributed by atoms with van der Waals surface area (Å²) < 4.78 is 11.1. The maximum absolute atomic E-state index is 13.0. The molecular weight excluding hydrogens is 662 g/mol. The Hall–Kier alpha value is -1.11. The molecule has 0 aromatic carbocycles. The number of carbonyl (C=O) groups excluding carboxylic acids is 1. The van der Waals surface area contributed by atoms with Gasteiger partial charge in [-0.05, 0) is 38.5 Å². The zero-order valence-corrected chi connectivity index (χ0v) is 33.2. The number of allylic oxidation sites excluding steroid dienone is 2. The van der Waals surface area contributed by atoms with Crippen molar-refractivity contribution in [3.8, 4) is 0 Å². The summed E-state index contributed by atoms with van der Waals surface area (Å²) in [7, 11) is 0. The molecule has 1 saturated heterocycles. The van der Waals surface area contributed by atoms with Crippen molar-refractivity contribution < 1.29 is 44.9 Å². The average Bonchev–Trinajstić information content (AvgIpc) is 3.14. The number of ether oxygens (including phenoxy) is 2. The highest BCUT2D eigenvalue weighted by atomic mass is 16.7. The van der Waals surface area contributed by atoms with Crippen LogP contribution in [0.15, 0.2) is 12.2 Å². The molecule has 52 heavy (non-hydrogen) atoms. The second kappa shape index (κ2) is 33.2. The van der Waals surface area contributed by atoms with Crippen molar-refractivity contribution in [3.05, 3.63) is 12.2 Å². The van der Waals surface area contributed by atoms with Gasteiger partial charge in [0.2, 0.25) is 5.91 Å². The summed E-state index contributed by atoms with van der Waals surface area (Å²) in [5.74, 6) is -0.593. The molecule has 0 spiro atoms. The predicted molar refractivity (Wildman–Crippen MR) is 209 cm³/mol. The molecule has 0 aliphatic carbocycles. The second-order valence-corrected chi connectivity index (χ2v) is 15.3. The molecule has 1 aliphatic rings. The number of unbranched alkanes of at least 4 members (excludes halogenated alkanes) is 22. The van der Waals surface area contributed by atoms with Crippen LogP contribution in [0.2, 0.25) is 0 Å². The molecule has 8 atom stereocenters. The van der Waals surface area contributed by atoms with Gasteiger partial charge in [0.15, 0.2) is 6.29 Å². The van der Waals surface area contributed by atoms with E-state index in [0.29, 0.717) is 12.8 Å². The van der Waals surface area contributed by atoms with E-state index in [1.54, 1.807) is 0 Å². The third-order valence-electron chi connectivity index (χ3n) is 10.5. The highest BCUT2D eigenvalue weighted by Crippen LogP contribution is 2.23. The highest BCUT2D eigenvalue weighted by Gasteiger charge is 2.44. The fourth-order valence-electron chi connectivity index (χ4n) is 6.87. The molecule has 2 unspecified atom stereocenters. The van der Waals surface area contributed by atoms with Gasteiger partial charge in [0.1, 0.15) is 30.5 Å². The summed E-state index contributed by atoms with van der Waals surface area (Å²) in [5.41, 5.74) is 0. The summed E-state index contributed by atoms with van der Waals surface area (Å²) >= 11 is 0. The topological polar surface area (TPSA) is 169 Å². The zero-order valence-electron chi connectivity index (χ0n) is 33.2. The first-order valence-corrected chi connectivity index (χ1v) is 21.5. The Bertz CT molecular complexity index is 844. The van der Waals surface area contributed by atoms with Gasteiger partial charge in [-0.3, -0.25) is 4.79 Å². The minimum atomic E-state index is -1.60. The Balaban J connectivity index is 2.45. The van der Waals surface area contributed by atoms with Crippen molar-refractivity contribution >= 4 is 5.91 Å². The Labute approximate surface area is 317 Å². The molecule has 0 aromatic rings. The van der Waals surface area contributed by atoms with Crippen LogP contribution < -0.4 is 5.32 Å². The van der Waals surface area contributed by atoms with Crippen molar-refractivity contribution in [1.82, 2.24) is 5.32 Å². The smallest absolute Gasteiger partial charge is 0.249 e. The van der Waals surface area contributed by atoms with E-state index in [2.05, 4.69) is 31.3 Å². The number of hydrogen-bond acceptors (Lipinski definition) is 9. The van der Waals surface area contributed by atoms with E-state index in [1.165, 1.54) is 109 Å². The molecule has 0 aromatic heterocycles. The van der Waals surface area contributed by atoms with E-state index >= 15 is 0 Å².